The Kier molecular flexibility index (Phi) is 2.98. The topological polar surface area (TPSA) is 34.6 Å². The van der Waals surface area contributed by atoms with Crippen LogP contribution in [0.4, 0.5) is 0 Å². The Balaban J connectivity index is 1.87. The Bertz CT molecular complexity index is 668. The lowest BCUT2D eigenvalue weighted by atomic mass is 10.0. The van der Waals surface area contributed by atoms with Gasteiger partial charge in [0.2, 0.25) is 0 Å². The standard InChI is InChI=1S/C15H14N4/c1-13-12-14(16-18-8-2-3-9-18)6-7-15(13)17-19-10-4-5-11-19/h2-12H,1H3/b16-14+,17-15-. The molecule has 1 aliphatic rings. The smallest absolute Gasteiger partial charge is 0.0870 e. The first kappa shape index (κ1) is 11.5. The summed E-state index contributed by atoms with van der Waals surface area (Å²) < 4.78 is 3.59. The van der Waals surface area contributed by atoms with Crippen molar-refractivity contribution < 1.29 is 0 Å². The normalized spacial score (nSPS) is 19.1. The molecule has 2 heterocycles. The van der Waals surface area contributed by atoms with Gasteiger partial charge in [0, 0.05) is 24.8 Å². The zero-order valence-corrected chi connectivity index (χ0v) is 10.6. The van der Waals surface area contributed by atoms with E-state index in [4.69, 9.17) is 0 Å². The molecule has 0 radical (unpaired) electrons. The van der Waals surface area contributed by atoms with Crippen LogP contribution in [0.2, 0.25) is 0 Å². The summed E-state index contributed by atoms with van der Waals surface area (Å²) in [6.45, 7) is 2.04. The van der Waals surface area contributed by atoms with Crippen LogP contribution in [0.1, 0.15) is 6.92 Å². The first-order valence-electron chi connectivity index (χ1n) is 6.12. The summed E-state index contributed by atoms with van der Waals surface area (Å²) in [7, 11) is 0. The highest BCUT2D eigenvalue weighted by Gasteiger charge is 2.06. The predicted octanol–water partition coefficient (Wildman–Crippen LogP) is 2.91. The van der Waals surface area contributed by atoms with Gasteiger partial charge in [-0.2, -0.15) is 10.2 Å². The summed E-state index contributed by atoms with van der Waals surface area (Å²) in [6.07, 6.45) is 13.6. The molecule has 4 nitrogen and oxygen atoms in total. The molecule has 0 fully saturated rings. The molecular weight excluding hydrogens is 236 g/mol. The van der Waals surface area contributed by atoms with Gasteiger partial charge < -0.3 is 0 Å². The van der Waals surface area contributed by atoms with Gasteiger partial charge in [0.15, 0.2) is 0 Å². The van der Waals surface area contributed by atoms with Crippen LogP contribution in [0.5, 0.6) is 0 Å². The van der Waals surface area contributed by atoms with Gasteiger partial charge >= 0.3 is 0 Å². The van der Waals surface area contributed by atoms with E-state index in [9.17, 15) is 0 Å². The minimum atomic E-state index is 0.917. The van der Waals surface area contributed by atoms with Crippen LogP contribution in [0.3, 0.4) is 0 Å². The average molecular weight is 250 g/mol. The fraction of sp³-hybridized carbons (Fsp3) is 0.0667. The van der Waals surface area contributed by atoms with E-state index in [0.717, 1.165) is 17.0 Å². The van der Waals surface area contributed by atoms with Crippen LogP contribution in [-0.4, -0.2) is 20.8 Å². The monoisotopic (exact) mass is 250 g/mol. The maximum Gasteiger partial charge on any atom is 0.0870 e. The van der Waals surface area contributed by atoms with Crippen molar-refractivity contribution in [1.29, 1.82) is 0 Å². The average Bonchev–Trinajstić information content (AvgIpc) is 3.05. The van der Waals surface area contributed by atoms with Gasteiger partial charge in [0.1, 0.15) is 0 Å². The van der Waals surface area contributed by atoms with Gasteiger partial charge in [-0.15, -0.1) is 0 Å². The third-order valence-corrected chi connectivity index (χ3v) is 2.81. The summed E-state index contributed by atoms with van der Waals surface area (Å²) in [5, 5.41) is 8.98. The number of nitrogens with zero attached hydrogens (tertiary/aromatic N) is 4. The molecular formula is C15H14N4. The zero-order chi connectivity index (χ0) is 13.1. The Morgan fingerprint density at radius 3 is 1.95 bits per heavy atom. The SMILES string of the molecule is CC1=CC(=N/n2cccc2)/C=CC/1=N/n1cccc1. The first-order valence-corrected chi connectivity index (χ1v) is 6.12. The Morgan fingerprint density at radius 2 is 1.37 bits per heavy atom. The molecule has 94 valence electrons. The van der Waals surface area contributed by atoms with E-state index in [2.05, 4.69) is 10.2 Å². The van der Waals surface area contributed by atoms with Crippen molar-refractivity contribution in [3.05, 3.63) is 72.9 Å². The van der Waals surface area contributed by atoms with Crippen molar-refractivity contribution in [3.8, 4) is 0 Å². The molecule has 0 atom stereocenters. The molecule has 1 aliphatic carbocycles. The molecule has 0 bridgehead atoms. The highest BCUT2D eigenvalue weighted by Crippen LogP contribution is 2.08. The second kappa shape index (κ2) is 4.94. The number of hydrogen-bond donors (Lipinski definition) is 0. The number of allylic oxidation sites excluding steroid dienone is 4. The molecule has 0 spiro atoms. The van der Waals surface area contributed by atoms with Crippen molar-refractivity contribution in [3.63, 3.8) is 0 Å². The molecule has 0 aromatic carbocycles. The van der Waals surface area contributed by atoms with Gasteiger partial charge in [-0.3, -0.25) is 0 Å². The van der Waals surface area contributed by atoms with Crippen molar-refractivity contribution in [2.45, 2.75) is 6.92 Å². The minimum absolute atomic E-state index is 0.917. The van der Waals surface area contributed by atoms with Gasteiger partial charge in [0.25, 0.3) is 0 Å². The van der Waals surface area contributed by atoms with Crippen LogP contribution < -0.4 is 0 Å². The second-order valence-corrected chi connectivity index (χ2v) is 4.30. The van der Waals surface area contributed by atoms with Crippen LogP contribution in [0, 0.1) is 0 Å². The molecule has 0 saturated heterocycles. The van der Waals surface area contributed by atoms with E-state index in [0.29, 0.717) is 0 Å². The summed E-state index contributed by atoms with van der Waals surface area (Å²) >= 11 is 0. The van der Waals surface area contributed by atoms with Gasteiger partial charge in [-0.05, 0) is 55.0 Å². The van der Waals surface area contributed by atoms with Crippen molar-refractivity contribution in [1.82, 2.24) is 9.35 Å². The lowest BCUT2D eigenvalue weighted by molar-refractivity contribution is 0.886. The quantitative estimate of drug-likeness (QED) is 0.735. The number of aromatic nitrogens is 2. The second-order valence-electron chi connectivity index (χ2n) is 4.30. The molecule has 0 amide bonds. The number of hydrogen-bond acceptors (Lipinski definition) is 2. The third kappa shape index (κ3) is 2.63. The predicted molar refractivity (Wildman–Crippen MR) is 77.4 cm³/mol. The van der Waals surface area contributed by atoms with E-state index in [1.54, 1.807) is 9.35 Å². The molecule has 0 saturated carbocycles. The first-order chi connectivity index (χ1) is 9.31. The summed E-state index contributed by atoms with van der Waals surface area (Å²) in [5.41, 5.74) is 2.96. The van der Waals surface area contributed by atoms with Crippen LogP contribution in [0.15, 0.2) is 83.1 Å². The summed E-state index contributed by atoms with van der Waals surface area (Å²) in [5.74, 6) is 0. The lowest BCUT2D eigenvalue weighted by Gasteiger charge is -2.08. The Morgan fingerprint density at radius 1 is 0.789 bits per heavy atom. The van der Waals surface area contributed by atoms with E-state index >= 15 is 0 Å². The van der Waals surface area contributed by atoms with Crippen molar-refractivity contribution in [2.75, 3.05) is 0 Å². The molecule has 0 N–H and O–H groups in total. The Hall–Kier alpha value is -2.62. The Labute approximate surface area is 111 Å². The molecule has 2 aromatic rings. The molecule has 0 aliphatic heterocycles. The molecule has 4 heteroatoms. The van der Waals surface area contributed by atoms with Crippen molar-refractivity contribution in [2.24, 2.45) is 10.2 Å². The fourth-order valence-electron chi connectivity index (χ4n) is 1.86. The molecule has 0 unspecified atom stereocenters. The molecule has 19 heavy (non-hydrogen) atoms. The van der Waals surface area contributed by atoms with Gasteiger partial charge in [-0.1, -0.05) is 0 Å². The van der Waals surface area contributed by atoms with E-state index < -0.39 is 0 Å². The third-order valence-electron chi connectivity index (χ3n) is 2.81. The maximum absolute atomic E-state index is 4.51. The largest absolute Gasteiger partial charge is 0.248 e. The van der Waals surface area contributed by atoms with Crippen LogP contribution >= 0.6 is 0 Å². The van der Waals surface area contributed by atoms with E-state index in [-0.39, 0.29) is 0 Å². The minimum Gasteiger partial charge on any atom is -0.248 e. The zero-order valence-electron chi connectivity index (χ0n) is 10.6. The van der Waals surface area contributed by atoms with Crippen LogP contribution in [0.25, 0.3) is 0 Å². The van der Waals surface area contributed by atoms with Gasteiger partial charge in [0.05, 0.1) is 11.4 Å². The highest BCUT2D eigenvalue weighted by atomic mass is 15.3. The van der Waals surface area contributed by atoms with E-state index in [1.165, 1.54) is 0 Å². The maximum atomic E-state index is 4.51. The fourth-order valence-corrected chi connectivity index (χ4v) is 1.86. The highest BCUT2D eigenvalue weighted by molar-refractivity contribution is 6.20. The molecule has 3 rings (SSSR count). The van der Waals surface area contributed by atoms with Gasteiger partial charge in [-0.25, -0.2) is 9.35 Å². The summed E-state index contributed by atoms with van der Waals surface area (Å²) in [6, 6.07) is 7.81. The van der Waals surface area contributed by atoms with Crippen molar-refractivity contribution >= 4 is 11.4 Å². The lowest BCUT2D eigenvalue weighted by Crippen LogP contribution is -2.08. The summed E-state index contributed by atoms with van der Waals surface area (Å²) in [4.78, 5) is 0. The van der Waals surface area contributed by atoms with Crippen LogP contribution in [-0.2, 0) is 0 Å². The molecule has 2 aromatic heterocycles. The number of rotatable bonds is 2. The van der Waals surface area contributed by atoms with E-state index in [1.807, 2.05) is 74.2 Å².